The molecular formula is C21H35N3O2. The zero-order chi connectivity index (χ0) is 20.1. The lowest BCUT2D eigenvalue weighted by Gasteiger charge is -2.29. The van der Waals surface area contributed by atoms with Gasteiger partial charge in [0.1, 0.15) is 6.17 Å². The summed E-state index contributed by atoms with van der Waals surface area (Å²) < 4.78 is 0. The molecule has 0 saturated carbocycles. The van der Waals surface area contributed by atoms with E-state index in [0.29, 0.717) is 0 Å². The monoisotopic (exact) mass is 361 g/mol. The van der Waals surface area contributed by atoms with E-state index < -0.39 is 17.0 Å². The molecule has 2 N–H and O–H groups in total. The van der Waals surface area contributed by atoms with Gasteiger partial charge >= 0.3 is 0 Å². The van der Waals surface area contributed by atoms with Crippen LogP contribution in [-0.2, 0) is 9.59 Å². The number of nitrogens with one attached hydrogen (secondary N) is 2. The van der Waals surface area contributed by atoms with Crippen molar-refractivity contribution in [1.82, 2.24) is 10.6 Å². The minimum Gasteiger partial charge on any atom is -0.372 e. The van der Waals surface area contributed by atoms with Crippen LogP contribution in [0.3, 0.4) is 0 Å². The summed E-state index contributed by atoms with van der Waals surface area (Å²) in [6.45, 7) is 17.2. The Labute approximate surface area is 158 Å². The first-order valence-electron chi connectivity index (χ1n) is 9.37. The number of hydrogen-bond donors (Lipinski definition) is 2. The van der Waals surface area contributed by atoms with Gasteiger partial charge in [-0.1, -0.05) is 53.7 Å². The van der Waals surface area contributed by atoms with Gasteiger partial charge in [0.05, 0.1) is 0 Å². The van der Waals surface area contributed by atoms with Crippen molar-refractivity contribution >= 4 is 17.5 Å². The second kappa shape index (κ2) is 8.56. The van der Waals surface area contributed by atoms with E-state index in [1.165, 1.54) is 0 Å². The molecule has 0 aromatic heterocycles. The third-order valence-corrected chi connectivity index (χ3v) is 4.27. The molecule has 0 saturated heterocycles. The first-order valence-corrected chi connectivity index (χ1v) is 9.37. The Bertz CT molecular complexity index is 578. The molecule has 0 aliphatic carbocycles. The lowest BCUT2D eigenvalue weighted by Crippen LogP contribution is -2.47. The van der Waals surface area contributed by atoms with E-state index in [0.717, 1.165) is 24.3 Å². The molecule has 0 unspecified atom stereocenters. The van der Waals surface area contributed by atoms with E-state index in [4.69, 9.17) is 0 Å². The molecule has 5 nitrogen and oxygen atoms in total. The van der Waals surface area contributed by atoms with E-state index in [1.807, 2.05) is 65.8 Å². The Morgan fingerprint density at radius 1 is 0.846 bits per heavy atom. The van der Waals surface area contributed by atoms with Crippen LogP contribution in [0.25, 0.3) is 0 Å². The van der Waals surface area contributed by atoms with E-state index in [-0.39, 0.29) is 11.8 Å². The van der Waals surface area contributed by atoms with Crippen LogP contribution in [0.4, 0.5) is 5.69 Å². The summed E-state index contributed by atoms with van der Waals surface area (Å²) in [5.74, 6) is -0.214. The molecule has 0 radical (unpaired) electrons. The van der Waals surface area contributed by atoms with Crippen molar-refractivity contribution in [3.63, 3.8) is 0 Å². The number of amides is 2. The Hall–Kier alpha value is -2.04. The Morgan fingerprint density at radius 2 is 1.23 bits per heavy atom. The number of nitrogens with zero attached hydrogens (tertiary/aromatic N) is 1. The van der Waals surface area contributed by atoms with Crippen LogP contribution in [-0.4, -0.2) is 24.9 Å². The largest absolute Gasteiger partial charge is 0.372 e. The number of benzene rings is 1. The number of rotatable bonds is 6. The summed E-state index contributed by atoms with van der Waals surface area (Å²) in [5.41, 5.74) is 0.912. The standard InChI is InChI=1S/C21H35N3O2/c1-9-24(10-2)16-13-11-15(12-14-16)17(22-18(25)20(3,4)5)23-19(26)21(6,7)8/h11-14,17H,9-10H2,1-8H3,(H,22,25)(H,23,26). The molecule has 26 heavy (non-hydrogen) atoms. The number of anilines is 1. The van der Waals surface area contributed by atoms with E-state index >= 15 is 0 Å². The van der Waals surface area contributed by atoms with Gasteiger partial charge in [-0.05, 0) is 31.5 Å². The predicted molar refractivity (Wildman–Crippen MR) is 108 cm³/mol. The second-order valence-corrected chi connectivity index (χ2v) is 8.64. The van der Waals surface area contributed by atoms with Crippen LogP contribution in [0.2, 0.25) is 0 Å². The van der Waals surface area contributed by atoms with Gasteiger partial charge in [0.25, 0.3) is 0 Å². The van der Waals surface area contributed by atoms with Gasteiger partial charge in [-0.2, -0.15) is 0 Å². The number of hydrogen-bond acceptors (Lipinski definition) is 3. The van der Waals surface area contributed by atoms with Gasteiger partial charge in [-0.15, -0.1) is 0 Å². The summed E-state index contributed by atoms with van der Waals surface area (Å²) in [6.07, 6.45) is -0.556. The van der Waals surface area contributed by atoms with Crippen LogP contribution in [0.5, 0.6) is 0 Å². The minimum atomic E-state index is -0.556. The van der Waals surface area contributed by atoms with Gasteiger partial charge in [0.15, 0.2) is 0 Å². The van der Waals surface area contributed by atoms with Crippen molar-refractivity contribution in [2.45, 2.75) is 61.6 Å². The predicted octanol–water partition coefficient (Wildman–Crippen LogP) is 3.86. The normalized spacial score (nSPS) is 12.0. The first kappa shape index (κ1) is 22.0. The van der Waals surface area contributed by atoms with Gasteiger partial charge in [-0.25, -0.2) is 0 Å². The van der Waals surface area contributed by atoms with Gasteiger partial charge in [0, 0.05) is 29.6 Å². The molecule has 1 aromatic rings. The van der Waals surface area contributed by atoms with Gasteiger partial charge < -0.3 is 15.5 Å². The summed E-state index contributed by atoms with van der Waals surface area (Å²) in [6, 6.07) is 7.98. The van der Waals surface area contributed by atoms with Crippen LogP contribution in [0.15, 0.2) is 24.3 Å². The zero-order valence-electron chi connectivity index (χ0n) is 17.6. The smallest absolute Gasteiger partial charge is 0.227 e. The van der Waals surface area contributed by atoms with Crippen molar-refractivity contribution in [2.75, 3.05) is 18.0 Å². The molecule has 5 heteroatoms. The number of carbonyl (C=O) groups excluding carboxylic acids is 2. The highest BCUT2D eigenvalue weighted by Crippen LogP contribution is 2.22. The van der Waals surface area contributed by atoms with Crippen LogP contribution in [0, 0.1) is 10.8 Å². The summed E-state index contributed by atoms with van der Waals surface area (Å²) >= 11 is 0. The van der Waals surface area contributed by atoms with Crippen molar-refractivity contribution in [2.24, 2.45) is 10.8 Å². The molecule has 0 fully saturated rings. The minimum absolute atomic E-state index is 0.107. The van der Waals surface area contributed by atoms with Crippen molar-refractivity contribution in [1.29, 1.82) is 0 Å². The Balaban J connectivity index is 3.11. The quantitative estimate of drug-likeness (QED) is 0.757. The average molecular weight is 362 g/mol. The molecule has 0 atom stereocenters. The molecule has 0 spiro atoms. The third-order valence-electron chi connectivity index (χ3n) is 4.27. The Kier molecular flexibility index (Phi) is 7.25. The molecular weight excluding hydrogens is 326 g/mol. The fourth-order valence-corrected chi connectivity index (χ4v) is 2.36. The van der Waals surface area contributed by atoms with Gasteiger partial charge in [0.2, 0.25) is 11.8 Å². The highest BCUT2D eigenvalue weighted by Gasteiger charge is 2.29. The molecule has 0 aliphatic heterocycles. The van der Waals surface area contributed by atoms with E-state index in [9.17, 15) is 9.59 Å². The number of carbonyl (C=O) groups is 2. The highest BCUT2D eigenvalue weighted by atomic mass is 16.2. The lowest BCUT2D eigenvalue weighted by atomic mass is 9.94. The Morgan fingerprint density at radius 3 is 1.54 bits per heavy atom. The first-order chi connectivity index (χ1) is 11.9. The fraction of sp³-hybridized carbons (Fsp3) is 0.619. The third kappa shape index (κ3) is 6.04. The molecule has 1 rings (SSSR count). The average Bonchev–Trinajstić information content (AvgIpc) is 2.54. The molecule has 1 aromatic carbocycles. The highest BCUT2D eigenvalue weighted by molar-refractivity contribution is 5.84. The maximum Gasteiger partial charge on any atom is 0.227 e. The molecule has 146 valence electrons. The molecule has 0 bridgehead atoms. The SMILES string of the molecule is CCN(CC)c1ccc(C(NC(=O)C(C)(C)C)NC(=O)C(C)(C)C)cc1. The van der Waals surface area contributed by atoms with Crippen molar-refractivity contribution in [3.05, 3.63) is 29.8 Å². The lowest BCUT2D eigenvalue weighted by molar-refractivity contribution is -0.132. The van der Waals surface area contributed by atoms with Crippen molar-refractivity contribution in [3.8, 4) is 0 Å². The maximum absolute atomic E-state index is 12.5. The molecule has 2 amide bonds. The zero-order valence-corrected chi connectivity index (χ0v) is 17.6. The summed E-state index contributed by atoms with van der Waals surface area (Å²) in [5, 5.41) is 5.94. The van der Waals surface area contributed by atoms with Crippen LogP contribution in [0.1, 0.15) is 67.1 Å². The fourth-order valence-electron chi connectivity index (χ4n) is 2.36. The molecule has 0 aliphatic rings. The second-order valence-electron chi connectivity index (χ2n) is 8.64. The summed E-state index contributed by atoms with van der Waals surface area (Å²) in [4.78, 5) is 27.2. The van der Waals surface area contributed by atoms with Crippen LogP contribution >= 0.6 is 0 Å². The van der Waals surface area contributed by atoms with Gasteiger partial charge in [-0.3, -0.25) is 9.59 Å². The van der Waals surface area contributed by atoms with E-state index in [1.54, 1.807) is 0 Å². The summed E-state index contributed by atoms with van der Waals surface area (Å²) in [7, 11) is 0. The maximum atomic E-state index is 12.5. The van der Waals surface area contributed by atoms with Crippen molar-refractivity contribution < 1.29 is 9.59 Å². The topological polar surface area (TPSA) is 61.4 Å². The van der Waals surface area contributed by atoms with Crippen LogP contribution < -0.4 is 15.5 Å². The molecule has 0 heterocycles. The van der Waals surface area contributed by atoms with E-state index in [2.05, 4.69) is 29.4 Å².